The summed E-state index contributed by atoms with van der Waals surface area (Å²) in [6.45, 7) is 0.197. The fraction of sp³-hybridized carbons (Fsp3) is 0.333. The highest BCUT2D eigenvalue weighted by molar-refractivity contribution is 7.92. The molecule has 0 aliphatic carbocycles. The minimum Gasteiger partial charge on any atom is -0.384 e. The van der Waals surface area contributed by atoms with Crippen LogP contribution in [0.1, 0.15) is 5.56 Å². The number of anilines is 1. The number of benzene rings is 1. The molecule has 1 aromatic rings. The lowest BCUT2D eigenvalue weighted by Crippen LogP contribution is -2.19. The quantitative estimate of drug-likeness (QED) is 0.773. The van der Waals surface area contributed by atoms with Crippen molar-refractivity contribution < 1.29 is 17.5 Å². The van der Waals surface area contributed by atoms with Crippen molar-refractivity contribution in [3.63, 3.8) is 0 Å². The van der Waals surface area contributed by atoms with Crippen molar-refractivity contribution in [1.29, 1.82) is 0 Å². The van der Waals surface area contributed by atoms with Gasteiger partial charge in [0.05, 0.1) is 30.2 Å². The molecule has 0 fully saturated rings. The zero-order chi connectivity index (χ0) is 14.3. The summed E-state index contributed by atoms with van der Waals surface area (Å²) in [6.07, 6.45) is 0. The first-order chi connectivity index (χ1) is 8.98. The molecule has 0 aliphatic rings. The Morgan fingerprint density at radius 2 is 2.21 bits per heavy atom. The van der Waals surface area contributed by atoms with Gasteiger partial charge in [0.25, 0.3) is 0 Å². The average molecular weight is 286 g/mol. The van der Waals surface area contributed by atoms with Gasteiger partial charge in [-0.1, -0.05) is 11.8 Å². The van der Waals surface area contributed by atoms with Crippen LogP contribution in [0.2, 0.25) is 0 Å². The second kappa shape index (κ2) is 7.09. The maximum absolute atomic E-state index is 13.6. The van der Waals surface area contributed by atoms with E-state index in [1.54, 1.807) is 0 Å². The van der Waals surface area contributed by atoms with E-state index in [0.29, 0.717) is 0 Å². The van der Waals surface area contributed by atoms with Gasteiger partial charge in [-0.05, 0) is 18.2 Å². The van der Waals surface area contributed by atoms with Crippen LogP contribution in [-0.2, 0) is 14.8 Å². The highest BCUT2D eigenvalue weighted by Crippen LogP contribution is 2.15. The van der Waals surface area contributed by atoms with E-state index in [0.717, 1.165) is 6.07 Å². The number of hydrogen-bond donors (Lipinski definition) is 2. The first-order valence-electron chi connectivity index (χ1n) is 5.46. The van der Waals surface area contributed by atoms with Gasteiger partial charge < -0.3 is 10.5 Å². The van der Waals surface area contributed by atoms with Crippen LogP contribution in [0.5, 0.6) is 0 Å². The number of nitrogens with two attached hydrogens (primary N) is 1. The Morgan fingerprint density at radius 3 is 2.79 bits per heavy atom. The minimum atomic E-state index is -3.54. The van der Waals surface area contributed by atoms with E-state index in [9.17, 15) is 12.8 Å². The third-order valence-corrected chi connectivity index (χ3v) is 3.37. The van der Waals surface area contributed by atoms with Crippen LogP contribution < -0.4 is 10.5 Å². The number of rotatable bonds is 5. The largest absolute Gasteiger partial charge is 0.384 e. The Kier molecular flexibility index (Phi) is 5.76. The number of hydrogen-bond acceptors (Lipinski definition) is 4. The first-order valence-corrected chi connectivity index (χ1v) is 7.11. The summed E-state index contributed by atoms with van der Waals surface area (Å²) >= 11 is 0. The van der Waals surface area contributed by atoms with Crippen molar-refractivity contribution in [2.75, 3.05) is 30.7 Å². The Balaban J connectivity index is 2.84. The van der Waals surface area contributed by atoms with Gasteiger partial charge in [0.1, 0.15) is 5.82 Å². The molecule has 3 N–H and O–H groups in total. The van der Waals surface area contributed by atoms with Crippen molar-refractivity contribution in [2.45, 2.75) is 0 Å². The smallest absolute Gasteiger partial charge is 0.235 e. The van der Waals surface area contributed by atoms with Crippen molar-refractivity contribution in [2.24, 2.45) is 5.73 Å². The molecular weight excluding hydrogens is 271 g/mol. The molecule has 0 spiro atoms. The summed E-state index contributed by atoms with van der Waals surface area (Å²) in [4.78, 5) is 0. The molecule has 19 heavy (non-hydrogen) atoms. The van der Waals surface area contributed by atoms with Crippen LogP contribution >= 0.6 is 0 Å². The maximum atomic E-state index is 13.6. The highest BCUT2D eigenvalue weighted by atomic mass is 32.2. The van der Waals surface area contributed by atoms with Crippen molar-refractivity contribution in [3.8, 4) is 11.8 Å². The summed E-state index contributed by atoms with van der Waals surface area (Å²) in [6, 6.07) is 3.91. The lowest BCUT2D eigenvalue weighted by molar-refractivity contribution is 0.217. The van der Waals surface area contributed by atoms with E-state index >= 15 is 0 Å². The van der Waals surface area contributed by atoms with Gasteiger partial charge in [0, 0.05) is 7.11 Å². The number of ether oxygens (including phenoxy) is 1. The van der Waals surface area contributed by atoms with Gasteiger partial charge in [-0.25, -0.2) is 12.8 Å². The zero-order valence-electron chi connectivity index (χ0n) is 10.4. The summed E-state index contributed by atoms with van der Waals surface area (Å²) in [5.74, 6) is 4.27. The molecule has 5 nitrogen and oxygen atoms in total. The molecule has 1 rings (SSSR count). The Bertz CT molecular complexity index is 591. The molecule has 7 heteroatoms. The van der Waals surface area contributed by atoms with Gasteiger partial charge in [0.15, 0.2) is 0 Å². The van der Waals surface area contributed by atoms with Crippen LogP contribution in [0.25, 0.3) is 0 Å². The summed E-state index contributed by atoms with van der Waals surface area (Å²) in [7, 11) is -2.14. The summed E-state index contributed by atoms with van der Waals surface area (Å²) < 4.78 is 43.7. The Labute approximate surface area is 112 Å². The maximum Gasteiger partial charge on any atom is 0.235 e. The van der Waals surface area contributed by atoms with E-state index in [4.69, 9.17) is 5.73 Å². The van der Waals surface area contributed by atoms with Gasteiger partial charge in [-0.3, -0.25) is 4.72 Å². The second-order valence-corrected chi connectivity index (χ2v) is 5.46. The molecule has 0 atom stereocenters. The predicted molar refractivity (Wildman–Crippen MR) is 71.6 cm³/mol. The van der Waals surface area contributed by atoms with E-state index in [2.05, 4.69) is 21.3 Å². The molecule has 0 saturated carbocycles. The normalized spacial score (nSPS) is 10.7. The van der Waals surface area contributed by atoms with Crippen LogP contribution in [0.3, 0.4) is 0 Å². The zero-order valence-corrected chi connectivity index (χ0v) is 11.3. The summed E-state index contributed by atoms with van der Waals surface area (Å²) in [5.41, 5.74) is 5.50. The third kappa shape index (κ3) is 5.26. The molecule has 0 amide bonds. The van der Waals surface area contributed by atoms with E-state index < -0.39 is 15.8 Å². The van der Waals surface area contributed by atoms with Crippen molar-refractivity contribution >= 4 is 15.7 Å². The van der Waals surface area contributed by atoms with Gasteiger partial charge in [-0.2, -0.15) is 0 Å². The molecule has 0 radical (unpaired) electrons. The molecule has 0 unspecified atom stereocenters. The number of nitrogens with one attached hydrogen (secondary N) is 1. The summed E-state index contributed by atoms with van der Waals surface area (Å²) in [5, 5.41) is 0. The Hall–Kier alpha value is -1.62. The van der Waals surface area contributed by atoms with Crippen molar-refractivity contribution in [1.82, 2.24) is 0 Å². The molecule has 0 saturated heterocycles. The minimum absolute atomic E-state index is 0.0673. The Morgan fingerprint density at radius 1 is 1.47 bits per heavy atom. The van der Waals surface area contributed by atoms with Crippen LogP contribution in [-0.4, -0.2) is 34.4 Å². The van der Waals surface area contributed by atoms with Gasteiger partial charge in [0.2, 0.25) is 10.0 Å². The second-order valence-electron chi connectivity index (χ2n) is 3.61. The first kappa shape index (κ1) is 15.4. The van der Waals surface area contributed by atoms with Crippen molar-refractivity contribution in [3.05, 3.63) is 29.6 Å². The highest BCUT2D eigenvalue weighted by Gasteiger charge is 2.11. The van der Waals surface area contributed by atoms with E-state index in [1.807, 2.05) is 0 Å². The number of methoxy groups -OCH3 is 1. The number of sulfonamides is 1. The third-order valence-electron chi connectivity index (χ3n) is 2.12. The lowest BCUT2D eigenvalue weighted by atomic mass is 10.2. The molecule has 1 aromatic carbocycles. The molecule has 0 bridgehead atoms. The number of halogens is 1. The van der Waals surface area contributed by atoms with Crippen LogP contribution in [0, 0.1) is 17.7 Å². The topological polar surface area (TPSA) is 81.4 Å². The standard InChI is InChI=1S/C12H15FN2O3S/c1-18-7-8-19(16,17)15-11-5-4-10(3-2-6-14)12(13)9-11/h4-5,9,15H,6-8,14H2,1H3. The predicted octanol–water partition coefficient (Wildman–Crippen LogP) is 0.524. The van der Waals surface area contributed by atoms with Crippen LogP contribution in [0.4, 0.5) is 10.1 Å². The molecule has 0 aliphatic heterocycles. The fourth-order valence-corrected chi connectivity index (χ4v) is 2.22. The van der Waals surface area contributed by atoms with E-state index in [-0.39, 0.29) is 30.2 Å². The van der Waals surface area contributed by atoms with Crippen LogP contribution in [0.15, 0.2) is 18.2 Å². The molecule has 104 valence electrons. The molecular formula is C12H15FN2O3S. The lowest BCUT2D eigenvalue weighted by Gasteiger charge is -2.08. The molecule has 0 aromatic heterocycles. The van der Waals surface area contributed by atoms with Gasteiger partial charge in [-0.15, -0.1) is 0 Å². The van der Waals surface area contributed by atoms with E-state index in [1.165, 1.54) is 19.2 Å². The fourth-order valence-electron chi connectivity index (χ4n) is 1.25. The SMILES string of the molecule is COCCS(=O)(=O)Nc1ccc(C#CCN)c(F)c1. The molecule has 0 heterocycles. The average Bonchev–Trinajstić information content (AvgIpc) is 2.35. The van der Waals surface area contributed by atoms with Gasteiger partial charge >= 0.3 is 0 Å². The monoisotopic (exact) mass is 286 g/mol.